The third-order valence-electron chi connectivity index (χ3n) is 2.50. The number of rotatable bonds is 5. The first-order chi connectivity index (χ1) is 8.60. The molecule has 98 valence electrons. The molecule has 0 aliphatic heterocycles. The minimum Gasteiger partial charge on any atom is -0.409 e. The molecule has 1 rings (SSSR count). The zero-order valence-electron chi connectivity index (χ0n) is 10.6. The van der Waals surface area contributed by atoms with Crippen LogP contribution in [0.1, 0.15) is 29.4 Å². The predicted molar refractivity (Wildman–Crippen MR) is 68.6 cm³/mol. The summed E-state index contributed by atoms with van der Waals surface area (Å²) in [5.74, 6) is -0.146. The van der Waals surface area contributed by atoms with Crippen LogP contribution in [0.4, 0.5) is 0 Å². The van der Waals surface area contributed by atoms with Gasteiger partial charge in [-0.15, -0.1) is 0 Å². The molecule has 18 heavy (non-hydrogen) atoms. The van der Waals surface area contributed by atoms with Gasteiger partial charge in [-0.05, 0) is 25.5 Å². The Labute approximate surface area is 106 Å². The minimum absolute atomic E-state index is 0.0124. The molecule has 1 aromatic heterocycles. The summed E-state index contributed by atoms with van der Waals surface area (Å²) in [6.07, 6.45) is 2.43. The number of hydrogen-bond donors (Lipinski definition) is 2. The van der Waals surface area contributed by atoms with Gasteiger partial charge >= 0.3 is 0 Å². The van der Waals surface area contributed by atoms with Crippen molar-refractivity contribution in [3.8, 4) is 0 Å². The van der Waals surface area contributed by atoms with Crippen LogP contribution < -0.4 is 5.73 Å². The van der Waals surface area contributed by atoms with E-state index in [2.05, 4.69) is 10.1 Å². The molecule has 0 radical (unpaired) electrons. The maximum absolute atomic E-state index is 12.3. The highest BCUT2D eigenvalue weighted by Gasteiger charge is 2.18. The fourth-order valence-electron chi connectivity index (χ4n) is 1.63. The van der Waals surface area contributed by atoms with Crippen LogP contribution >= 0.6 is 0 Å². The van der Waals surface area contributed by atoms with E-state index in [9.17, 15) is 4.79 Å². The van der Waals surface area contributed by atoms with Crippen molar-refractivity contribution in [2.75, 3.05) is 13.1 Å². The Morgan fingerprint density at radius 1 is 1.61 bits per heavy atom. The van der Waals surface area contributed by atoms with Gasteiger partial charge in [0.25, 0.3) is 5.91 Å². The second-order valence-corrected chi connectivity index (χ2v) is 3.95. The molecule has 0 atom stereocenters. The van der Waals surface area contributed by atoms with Gasteiger partial charge in [-0.3, -0.25) is 9.78 Å². The van der Waals surface area contributed by atoms with Crippen LogP contribution in [0.5, 0.6) is 0 Å². The van der Waals surface area contributed by atoms with Gasteiger partial charge in [0.1, 0.15) is 0 Å². The van der Waals surface area contributed by atoms with E-state index in [0.717, 1.165) is 6.42 Å². The van der Waals surface area contributed by atoms with Crippen molar-refractivity contribution < 1.29 is 10.0 Å². The Balaban J connectivity index is 2.92. The average molecular weight is 250 g/mol. The number of pyridine rings is 1. The highest BCUT2D eigenvalue weighted by atomic mass is 16.4. The fourth-order valence-corrected chi connectivity index (χ4v) is 1.63. The lowest BCUT2D eigenvalue weighted by atomic mass is 10.1. The van der Waals surface area contributed by atoms with E-state index >= 15 is 0 Å². The quantitative estimate of drug-likeness (QED) is 0.353. The molecule has 0 saturated carbocycles. The molecule has 0 bridgehead atoms. The summed E-state index contributed by atoms with van der Waals surface area (Å²) < 4.78 is 0. The molecule has 0 unspecified atom stereocenters. The SMILES string of the molecule is CCCN(C/C(N)=N/O)C(=O)c1cccnc1C. The maximum Gasteiger partial charge on any atom is 0.256 e. The normalized spacial score (nSPS) is 11.3. The summed E-state index contributed by atoms with van der Waals surface area (Å²) in [5, 5.41) is 11.5. The minimum atomic E-state index is -0.158. The van der Waals surface area contributed by atoms with Crippen LogP contribution in [0.2, 0.25) is 0 Å². The van der Waals surface area contributed by atoms with Crippen LogP contribution in [0, 0.1) is 6.92 Å². The van der Waals surface area contributed by atoms with Crippen molar-refractivity contribution in [1.82, 2.24) is 9.88 Å². The number of amides is 1. The van der Waals surface area contributed by atoms with E-state index in [-0.39, 0.29) is 18.3 Å². The largest absolute Gasteiger partial charge is 0.409 e. The van der Waals surface area contributed by atoms with E-state index in [0.29, 0.717) is 17.8 Å². The Morgan fingerprint density at radius 3 is 2.89 bits per heavy atom. The number of nitrogens with two attached hydrogens (primary N) is 1. The van der Waals surface area contributed by atoms with Gasteiger partial charge in [-0.25, -0.2) is 0 Å². The van der Waals surface area contributed by atoms with Gasteiger partial charge in [0, 0.05) is 18.4 Å². The molecule has 0 aliphatic carbocycles. The number of amidine groups is 1. The second kappa shape index (κ2) is 6.58. The first-order valence-corrected chi connectivity index (χ1v) is 5.77. The lowest BCUT2D eigenvalue weighted by molar-refractivity contribution is 0.0777. The number of carbonyl (C=O) groups excluding carboxylic acids is 1. The topological polar surface area (TPSA) is 91.8 Å². The Bertz CT molecular complexity index is 445. The van der Waals surface area contributed by atoms with Gasteiger partial charge in [0.05, 0.1) is 12.1 Å². The molecule has 3 N–H and O–H groups in total. The van der Waals surface area contributed by atoms with Crippen LogP contribution in [-0.4, -0.2) is 39.9 Å². The Kier molecular flexibility index (Phi) is 5.10. The summed E-state index contributed by atoms with van der Waals surface area (Å²) in [4.78, 5) is 17.9. The van der Waals surface area contributed by atoms with E-state index in [1.807, 2.05) is 6.92 Å². The first-order valence-electron chi connectivity index (χ1n) is 5.77. The van der Waals surface area contributed by atoms with Crippen LogP contribution in [0.15, 0.2) is 23.5 Å². The molecule has 1 heterocycles. The van der Waals surface area contributed by atoms with Crippen molar-refractivity contribution in [3.05, 3.63) is 29.6 Å². The molecule has 0 saturated heterocycles. The highest BCUT2D eigenvalue weighted by Crippen LogP contribution is 2.08. The van der Waals surface area contributed by atoms with E-state index < -0.39 is 0 Å². The number of nitrogens with zero attached hydrogens (tertiary/aromatic N) is 3. The monoisotopic (exact) mass is 250 g/mol. The van der Waals surface area contributed by atoms with Gasteiger partial charge in [-0.2, -0.15) is 0 Å². The van der Waals surface area contributed by atoms with Crippen molar-refractivity contribution in [1.29, 1.82) is 0 Å². The zero-order valence-corrected chi connectivity index (χ0v) is 10.6. The van der Waals surface area contributed by atoms with Crippen LogP contribution in [0.25, 0.3) is 0 Å². The zero-order chi connectivity index (χ0) is 13.5. The average Bonchev–Trinajstić information content (AvgIpc) is 2.38. The molecule has 0 fully saturated rings. The Morgan fingerprint density at radius 2 is 2.33 bits per heavy atom. The molecule has 6 heteroatoms. The van der Waals surface area contributed by atoms with Gasteiger partial charge in [0.2, 0.25) is 0 Å². The van der Waals surface area contributed by atoms with E-state index in [1.54, 1.807) is 30.2 Å². The fraction of sp³-hybridized carbons (Fsp3) is 0.417. The molecule has 0 spiro atoms. The summed E-state index contributed by atoms with van der Waals surface area (Å²) in [6.45, 7) is 4.39. The van der Waals surface area contributed by atoms with E-state index in [4.69, 9.17) is 10.9 Å². The van der Waals surface area contributed by atoms with Crippen molar-refractivity contribution in [3.63, 3.8) is 0 Å². The smallest absolute Gasteiger partial charge is 0.256 e. The summed E-state index contributed by atoms with van der Waals surface area (Å²) in [5.41, 5.74) is 6.66. The van der Waals surface area contributed by atoms with Gasteiger partial charge < -0.3 is 15.8 Å². The number of hydrogen-bond acceptors (Lipinski definition) is 4. The molecular formula is C12H18N4O2. The van der Waals surface area contributed by atoms with Crippen LogP contribution in [-0.2, 0) is 0 Å². The molecule has 0 aromatic carbocycles. The van der Waals surface area contributed by atoms with Crippen molar-refractivity contribution in [2.45, 2.75) is 20.3 Å². The standard InChI is InChI=1S/C12H18N4O2/c1-3-7-16(8-11(13)15-18)12(17)10-5-4-6-14-9(10)2/h4-6,18H,3,7-8H2,1-2H3,(H2,13,15). The van der Waals surface area contributed by atoms with E-state index in [1.165, 1.54) is 0 Å². The molecule has 6 nitrogen and oxygen atoms in total. The van der Waals surface area contributed by atoms with Gasteiger partial charge in [0.15, 0.2) is 5.84 Å². The number of oxime groups is 1. The maximum atomic E-state index is 12.3. The third-order valence-corrected chi connectivity index (χ3v) is 2.50. The van der Waals surface area contributed by atoms with Crippen LogP contribution in [0.3, 0.4) is 0 Å². The summed E-state index contributed by atoms with van der Waals surface area (Å²) in [7, 11) is 0. The van der Waals surface area contributed by atoms with Crippen molar-refractivity contribution in [2.24, 2.45) is 10.9 Å². The second-order valence-electron chi connectivity index (χ2n) is 3.95. The number of aromatic nitrogens is 1. The number of aryl methyl sites for hydroxylation is 1. The molecule has 1 amide bonds. The highest BCUT2D eigenvalue weighted by molar-refractivity contribution is 5.97. The lowest BCUT2D eigenvalue weighted by Crippen LogP contribution is -2.39. The summed E-state index contributed by atoms with van der Waals surface area (Å²) in [6, 6.07) is 3.44. The predicted octanol–water partition coefficient (Wildman–Crippen LogP) is 0.989. The molecule has 1 aromatic rings. The summed E-state index contributed by atoms with van der Waals surface area (Å²) >= 11 is 0. The third kappa shape index (κ3) is 3.44. The van der Waals surface area contributed by atoms with Crippen molar-refractivity contribution >= 4 is 11.7 Å². The molecular weight excluding hydrogens is 232 g/mol. The lowest BCUT2D eigenvalue weighted by Gasteiger charge is -2.21. The van der Waals surface area contributed by atoms with Gasteiger partial charge in [-0.1, -0.05) is 12.1 Å². The Hall–Kier alpha value is -2.11. The number of carbonyl (C=O) groups is 1. The molecule has 0 aliphatic rings. The first kappa shape index (κ1) is 14.0.